The molecule has 2 aliphatic carbocycles. The van der Waals surface area contributed by atoms with Crippen molar-refractivity contribution >= 4 is 22.9 Å². The number of carbonyl (C=O) groups excluding carboxylic acids is 1. The van der Waals surface area contributed by atoms with Gasteiger partial charge in [-0.25, -0.2) is 0 Å². The molecule has 170 valence electrons. The van der Waals surface area contributed by atoms with Crippen molar-refractivity contribution in [2.45, 2.75) is 44.9 Å². The summed E-state index contributed by atoms with van der Waals surface area (Å²) in [5, 5.41) is 39.5. The van der Waals surface area contributed by atoms with Crippen molar-refractivity contribution in [2.24, 2.45) is 10.5 Å². The number of carbonyl (C=O) groups is 1. The molecule has 0 amide bonds. The highest BCUT2D eigenvalue weighted by Gasteiger charge is 2.42. The standard InChI is InChI=1S/C22H27N5O5/c28-20-16-5-4-15(26(30)31)14-17(16)21(29)19-18(20)23-27(32)25(19)11-3-10-24-12-8-22(9-13-24)6-1-2-7-22/h4-5,14,29,32H,1-3,6-13H2. The number of Topliss-reactive ketones (excluding diaryl/α,β-unsaturated/α-hetero) is 1. The highest BCUT2D eigenvalue weighted by atomic mass is 16.6. The molecule has 1 aromatic rings. The third-order valence-corrected chi connectivity index (χ3v) is 7.52. The molecule has 10 heteroatoms. The van der Waals surface area contributed by atoms with E-state index in [9.17, 15) is 25.2 Å². The van der Waals surface area contributed by atoms with Crippen LogP contribution in [0.2, 0.25) is 0 Å². The molecular formula is C22H27N5O5. The number of fused-ring (bicyclic) bond motifs is 2. The van der Waals surface area contributed by atoms with Crippen molar-refractivity contribution in [3.63, 3.8) is 0 Å². The van der Waals surface area contributed by atoms with Crippen molar-refractivity contribution < 1.29 is 25.3 Å². The number of allylic oxidation sites excluding steroid dienone is 1. The van der Waals surface area contributed by atoms with E-state index in [2.05, 4.69) is 10.0 Å². The van der Waals surface area contributed by atoms with E-state index in [1.54, 1.807) is 0 Å². The Morgan fingerprint density at radius 3 is 2.53 bits per heavy atom. The number of hydrogen-bond donors (Lipinski definition) is 2. The minimum absolute atomic E-state index is 0.0176. The van der Waals surface area contributed by atoms with Gasteiger partial charge in [0.05, 0.1) is 11.5 Å². The van der Waals surface area contributed by atoms with Gasteiger partial charge in [-0.3, -0.25) is 14.9 Å². The first kappa shape index (κ1) is 21.0. The van der Waals surface area contributed by atoms with Crippen molar-refractivity contribution in [1.29, 1.82) is 0 Å². The number of nitro benzene ring substituents is 1. The van der Waals surface area contributed by atoms with Crippen molar-refractivity contribution in [3.05, 3.63) is 45.1 Å². The van der Waals surface area contributed by atoms with Crippen molar-refractivity contribution in [3.8, 4) is 0 Å². The Morgan fingerprint density at radius 2 is 1.84 bits per heavy atom. The number of likely N-dealkylation sites (tertiary alicyclic amines) is 1. The van der Waals surface area contributed by atoms with Crippen LogP contribution in [0.3, 0.4) is 0 Å². The number of rotatable bonds is 5. The molecule has 1 aromatic carbocycles. The molecule has 2 heterocycles. The Labute approximate surface area is 185 Å². The first-order valence-electron chi connectivity index (χ1n) is 11.3. The zero-order valence-electron chi connectivity index (χ0n) is 17.9. The quantitative estimate of drug-likeness (QED) is 0.509. The maximum absolute atomic E-state index is 13.1. The highest BCUT2D eigenvalue weighted by molar-refractivity contribution is 6.54. The molecule has 0 aromatic heterocycles. The number of nitro groups is 1. The zero-order valence-corrected chi connectivity index (χ0v) is 17.9. The van der Waals surface area contributed by atoms with E-state index in [-0.39, 0.29) is 33.5 Å². The minimum atomic E-state index is -0.601. The van der Waals surface area contributed by atoms with E-state index < -0.39 is 16.5 Å². The summed E-state index contributed by atoms with van der Waals surface area (Å²) in [4.78, 5) is 25.8. The van der Waals surface area contributed by atoms with Gasteiger partial charge >= 0.3 is 0 Å². The number of ketones is 1. The van der Waals surface area contributed by atoms with Crippen LogP contribution in [0, 0.1) is 15.5 Å². The van der Waals surface area contributed by atoms with Gasteiger partial charge in [-0.05, 0) is 67.3 Å². The van der Waals surface area contributed by atoms with Crippen LogP contribution in [0.15, 0.2) is 29.0 Å². The normalized spacial score (nSPS) is 24.7. The molecule has 2 fully saturated rings. The van der Waals surface area contributed by atoms with Crippen LogP contribution in [0.4, 0.5) is 5.69 Å². The fraction of sp³-hybridized carbons (Fsp3) is 0.545. The van der Waals surface area contributed by atoms with Crippen LogP contribution in [-0.4, -0.2) is 57.7 Å². The number of piperidine rings is 1. The molecule has 1 atom stereocenters. The van der Waals surface area contributed by atoms with Crippen molar-refractivity contribution in [1.82, 2.24) is 9.91 Å². The van der Waals surface area contributed by atoms with E-state index in [4.69, 9.17) is 0 Å². The summed E-state index contributed by atoms with van der Waals surface area (Å²) in [6.07, 6.45) is 8.58. The van der Waals surface area contributed by atoms with E-state index >= 15 is 0 Å². The summed E-state index contributed by atoms with van der Waals surface area (Å²) in [7, 11) is 0. The Kier molecular flexibility index (Phi) is 5.23. The van der Waals surface area contributed by atoms with Gasteiger partial charge < -0.3 is 10.0 Å². The molecule has 0 bridgehead atoms. The average Bonchev–Trinajstić information content (AvgIpc) is 3.38. The molecular weight excluding hydrogens is 414 g/mol. The van der Waals surface area contributed by atoms with Gasteiger partial charge in [0.25, 0.3) is 5.69 Å². The lowest BCUT2D eigenvalue weighted by Gasteiger charge is -2.39. The molecule has 1 saturated carbocycles. The van der Waals surface area contributed by atoms with Gasteiger partial charge in [-0.15, -0.1) is 0 Å². The number of hydrogen-bond acceptors (Lipinski definition) is 8. The number of benzene rings is 1. The molecule has 2 N–H and O–H groups in total. The Hall–Kier alpha value is -2.82. The Morgan fingerprint density at radius 1 is 1.12 bits per heavy atom. The van der Waals surface area contributed by atoms with E-state index in [0.29, 0.717) is 18.4 Å². The van der Waals surface area contributed by atoms with Crippen LogP contribution in [-0.2, 0) is 0 Å². The second-order valence-corrected chi connectivity index (χ2v) is 9.31. The summed E-state index contributed by atoms with van der Waals surface area (Å²) >= 11 is 0. The third-order valence-electron chi connectivity index (χ3n) is 7.52. The van der Waals surface area contributed by atoms with Gasteiger partial charge in [-0.1, -0.05) is 18.6 Å². The molecule has 2 aliphatic heterocycles. The Balaban J connectivity index is 1.28. The molecule has 4 aliphatic rings. The van der Waals surface area contributed by atoms with Crippen LogP contribution in [0.25, 0.3) is 5.76 Å². The van der Waals surface area contributed by atoms with Crippen LogP contribution in [0.1, 0.15) is 60.9 Å². The lowest BCUT2D eigenvalue weighted by Crippen LogP contribution is -3.10. The maximum atomic E-state index is 13.1. The zero-order chi connectivity index (χ0) is 22.5. The number of quaternary nitrogens is 1. The first-order valence-corrected chi connectivity index (χ1v) is 11.3. The number of nitrogens with one attached hydrogen (secondary N) is 1. The fourth-order valence-corrected chi connectivity index (χ4v) is 5.66. The van der Waals surface area contributed by atoms with Crippen LogP contribution >= 0.6 is 0 Å². The second-order valence-electron chi connectivity index (χ2n) is 9.31. The highest BCUT2D eigenvalue weighted by Crippen LogP contribution is 2.46. The van der Waals surface area contributed by atoms with E-state index in [1.165, 1.54) is 55.7 Å². The molecule has 10 nitrogen and oxygen atoms in total. The van der Waals surface area contributed by atoms with E-state index in [0.717, 1.165) is 25.7 Å². The summed E-state index contributed by atoms with van der Waals surface area (Å²) in [5.41, 5.74) is 0.288. The lowest BCUT2D eigenvalue weighted by atomic mass is 9.77. The molecule has 0 radical (unpaired) electrons. The summed E-state index contributed by atoms with van der Waals surface area (Å²) < 4.78 is 0. The summed E-state index contributed by atoms with van der Waals surface area (Å²) in [6.45, 7) is 3.33. The van der Waals surface area contributed by atoms with Crippen molar-refractivity contribution in [2.75, 3.05) is 26.2 Å². The third kappa shape index (κ3) is 3.48. The smallest absolute Gasteiger partial charge is 0.270 e. The van der Waals surface area contributed by atoms with E-state index in [1.807, 2.05) is 0 Å². The fourth-order valence-electron chi connectivity index (χ4n) is 5.66. The van der Waals surface area contributed by atoms with Gasteiger partial charge in [0, 0.05) is 29.5 Å². The predicted molar refractivity (Wildman–Crippen MR) is 112 cm³/mol. The molecule has 32 heavy (non-hydrogen) atoms. The number of nitrogens with zero attached hydrogens (tertiary/aromatic N) is 4. The predicted octanol–water partition coefficient (Wildman–Crippen LogP) is 0.727. The molecule has 5 rings (SSSR count). The van der Waals surface area contributed by atoms with Gasteiger partial charge in [-0.2, -0.15) is 10.2 Å². The Bertz CT molecular complexity index is 1020. The molecule has 1 saturated heterocycles. The maximum Gasteiger partial charge on any atom is 0.270 e. The first-order chi connectivity index (χ1) is 15.4. The number of non-ortho nitro benzene ring substituents is 1. The van der Waals surface area contributed by atoms with Gasteiger partial charge in [0.15, 0.2) is 0 Å². The van der Waals surface area contributed by atoms with Crippen LogP contribution in [0.5, 0.6) is 0 Å². The minimum Gasteiger partial charge on any atom is -0.870 e. The summed E-state index contributed by atoms with van der Waals surface area (Å²) in [6, 6.07) is 3.60. The van der Waals surface area contributed by atoms with Gasteiger partial charge in [0.1, 0.15) is 5.70 Å². The molecule has 1 unspecified atom stereocenters. The monoisotopic (exact) mass is 441 g/mol. The molecule has 1 spiro atoms. The topological polar surface area (TPSA) is 127 Å². The summed E-state index contributed by atoms with van der Waals surface area (Å²) in [5.74, 6) is -1.02. The lowest BCUT2D eigenvalue weighted by molar-refractivity contribution is -1.18. The van der Waals surface area contributed by atoms with Gasteiger partial charge in [0.2, 0.25) is 11.5 Å². The second kappa shape index (κ2) is 7.95. The van der Waals surface area contributed by atoms with Crippen LogP contribution < -0.4 is 10.4 Å². The SMILES string of the molecule is O=C1C2=N[NH+](O)N(CCCN3CCC4(CCCC4)CC3)C2=C([O-])c2cc([N+](=O)[O-])ccc21. The largest absolute Gasteiger partial charge is 0.870 e. The average molecular weight is 441 g/mol.